The number of carbonyl (C=O) groups excluding carboxylic acids is 2. The van der Waals surface area contributed by atoms with Crippen LogP contribution < -0.4 is 10.2 Å². The maximum atomic E-state index is 12.0. The number of hydrogen-bond donors (Lipinski definition) is 1. The van der Waals surface area contributed by atoms with Gasteiger partial charge in [0.1, 0.15) is 11.9 Å². The third-order valence-electron chi connectivity index (χ3n) is 2.98. The molecule has 0 aliphatic carbocycles. The van der Waals surface area contributed by atoms with E-state index in [9.17, 15) is 9.59 Å². The molecule has 1 aromatic heterocycles. The standard InChI is InChI=1S/C13H17N3O3/c1-2-14-13(18)11-9-19-6-5-16(11)12-4-3-10(8-17)7-15-12/h3-4,7-8,11H,2,5-6,9H2,1H3,(H,14,18). The number of aldehydes is 1. The zero-order chi connectivity index (χ0) is 13.7. The van der Waals surface area contributed by atoms with Crippen LogP contribution in [0.5, 0.6) is 0 Å². The van der Waals surface area contributed by atoms with E-state index in [1.807, 2.05) is 11.8 Å². The molecule has 2 rings (SSSR count). The summed E-state index contributed by atoms with van der Waals surface area (Å²) < 4.78 is 5.36. The molecule has 1 amide bonds. The summed E-state index contributed by atoms with van der Waals surface area (Å²) in [5.41, 5.74) is 0.520. The Balaban J connectivity index is 2.18. The van der Waals surface area contributed by atoms with Gasteiger partial charge in [0.25, 0.3) is 0 Å². The van der Waals surface area contributed by atoms with Gasteiger partial charge in [0.15, 0.2) is 6.29 Å². The van der Waals surface area contributed by atoms with Gasteiger partial charge in [-0.25, -0.2) is 4.98 Å². The highest BCUT2D eigenvalue weighted by molar-refractivity contribution is 5.85. The molecule has 1 aliphatic heterocycles. The third-order valence-corrected chi connectivity index (χ3v) is 2.98. The summed E-state index contributed by atoms with van der Waals surface area (Å²) in [5, 5.41) is 2.79. The first-order valence-corrected chi connectivity index (χ1v) is 6.29. The van der Waals surface area contributed by atoms with Gasteiger partial charge in [-0.05, 0) is 19.1 Å². The molecule has 2 heterocycles. The van der Waals surface area contributed by atoms with Crippen LogP contribution in [0.25, 0.3) is 0 Å². The van der Waals surface area contributed by atoms with Crippen LogP contribution in [0.15, 0.2) is 18.3 Å². The van der Waals surface area contributed by atoms with Crippen LogP contribution in [-0.4, -0.2) is 49.5 Å². The second-order valence-corrected chi connectivity index (χ2v) is 4.25. The Kier molecular flexibility index (Phi) is 4.46. The fraction of sp³-hybridized carbons (Fsp3) is 0.462. The normalized spacial score (nSPS) is 19.0. The molecule has 1 unspecified atom stereocenters. The summed E-state index contributed by atoms with van der Waals surface area (Å²) in [5.74, 6) is 0.619. The van der Waals surface area contributed by atoms with E-state index in [-0.39, 0.29) is 11.9 Å². The molecule has 1 N–H and O–H groups in total. The minimum Gasteiger partial charge on any atom is -0.377 e. The highest BCUT2D eigenvalue weighted by Crippen LogP contribution is 2.17. The van der Waals surface area contributed by atoms with Gasteiger partial charge in [0, 0.05) is 24.8 Å². The largest absolute Gasteiger partial charge is 0.377 e. The minimum atomic E-state index is -0.372. The monoisotopic (exact) mass is 263 g/mol. The van der Waals surface area contributed by atoms with Crippen LogP contribution in [0, 0.1) is 0 Å². The smallest absolute Gasteiger partial charge is 0.245 e. The van der Waals surface area contributed by atoms with Crippen molar-refractivity contribution in [1.29, 1.82) is 0 Å². The van der Waals surface area contributed by atoms with E-state index in [2.05, 4.69) is 10.3 Å². The Labute approximate surface area is 111 Å². The highest BCUT2D eigenvalue weighted by atomic mass is 16.5. The van der Waals surface area contributed by atoms with Crippen LogP contribution in [0.2, 0.25) is 0 Å². The summed E-state index contributed by atoms with van der Waals surface area (Å²) in [6, 6.07) is 3.07. The fourth-order valence-corrected chi connectivity index (χ4v) is 2.02. The van der Waals surface area contributed by atoms with E-state index in [0.29, 0.717) is 37.7 Å². The van der Waals surface area contributed by atoms with Crippen molar-refractivity contribution in [1.82, 2.24) is 10.3 Å². The molecule has 6 nitrogen and oxygen atoms in total. The molecular formula is C13H17N3O3. The van der Waals surface area contributed by atoms with Crippen molar-refractivity contribution in [3.05, 3.63) is 23.9 Å². The number of carbonyl (C=O) groups is 2. The summed E-state index contributed by atoms with van der Waals surface area (Å²) in [6.07, 6.45) is 2.25. The van der Waals surface area contributed by atoms with E-state index >= 15 is 0 Å². The van der Waals surface area contributed by atoms with E-state index in [1.165, 1.54) is 6.20 Å². The maximum absolute atomic E-state index is 12.0. The molecule has 0 aromatic carbocycles. The van der Waals surface area contributed by atoms with E-state index in [1.54, 1.807) is 12.1 Å². The van der Waals surface area contributed by atoms with Crippen molar-refractivity contribution in [2.24, 2.45) is 0 Å². The Morgan fingerprint density at radius 1 is 1.63 bits per heavy atom. The molecule has 0 spiro atoms. The molecule has 6 heteroatoms. The van der Waals surface area contributed by atoms with Crippen molar-refractivity contribution < 1.29 is 14.3 Å². The van der Waals surface area contributed by atoms with Gasteiger partial charge in [0.2, 0.25) is 5.91 Å². The Hall–Kier alpha value is -1.95. The number of nitrogens with one attached hydrogen (secondary N) is 1. The maximum Gasteiger partial charge on any atom is 0.245 e. The number of pyridine rings is 1. The molecular weight excluding hydrogens is 246 g/mol. The molecule has 102 valence electrons. The SMILES string of the molecule is CCNC(=O)C1COCCN1c1ccc(C=O)cn1. The van der Waals surface area contributed by atoms with Crippen molar-refractivity contribution in [2.45, 2.75) is 13.0 Å². The molecule has 1 saturated heterocycles. The van der Waals surface area contributed by atoms with Crippen LogP contribution in [0.1, 0.15) is 17.3 Å². The lowest BCUT2D eigenvalue weighted by molar-refractivity contribution is -0.124. The highest BCUT2D eigenvalue weighted by Gasteiger charge is 2.29. The molecule has 1 aliphatic rings. The molecule has 1 fully saturated rings. The van der Waals surface area contributed by atoms with Gasteiger partial charge in [-0.3, -0.25) is 9.59 Å². The first-order valence-electron chi connectivity index (χ1n) is 6.29. The number of aromatic nitrogens is 1. The van der Waals surface area contributed by atoms with Gasteiger partial charge in [-0.1, -0.05) is 0 Å². The molecule has 0 radical (unpaired) electrons. The van der Waals surface area contributed by atoms with E-state index in [4.69, 9.17) is 4.74 Å². The number of anilines is 1. The number of rotatable bonds is 4. The van der Waals surface area contributed by atoms with Crippen LogP contribution in [0.4, 0.5) is 5.82 Å². The first kappa shape index (κ1) is 13.5. The number of hydrogen-bond acceptors (Lipinski definition) is 5. The summed E-state index contributed by atoms with van der Waals surface area (Å²) in [6.45, 7) is 3.98. The minimum absolute atomic E-state index is 0.0662. The van der Waals surface area contributed by atoms with E-state index < -0.39 is 0 Å². The molecule has 0 bridgehead atoms. The van der Waals surface area contributed by atoms with Gasteiger partial charge in [-0.15, -0.1) is 0 Å². The zero-order valence-corrected chi connectivity index (χ0v) is 10.8. The summed E-state index contributed by atoms with van der Waals surface area (Å²) in [4.78, 5) is 28.7. The second-order valence-electron chi connectivity index (χ2n) is 4.25. The number of amides is 1. The van der Waals surface area contributed by atoms with E-state index in [0.717, 1.165) is 6.29 Å². The summed E-state index contributed by atoms with van der Waals surface area (Å²) in [7, 11) is 0. The lowest BCUT2D eigenvalue weighted by Crippen LogP contribution is -2.54. The topological polar surface area (TPSA) is 71.5 Å². The summed E-state index contributed by atoms with van der Waals surface area (Å²) >= 11 is 0. The molecule has 0 saturated carbocycles. The van der Waals surface area contributed by atoms with Crippen LogP contribution in [0.3, 0.4) is 0 Å². The van der Waals surface area contributed by atoms with Gasteiger partial charge in [-0.2, -0.15) is 0 Å². The van der Waals surface area contributed by atoms with Crippen molar-refractivity contribution >= 4 is 18.0 Å². The number of likely N-dealkylation sites (N-methyl/N-ethyl adjacent to an activating group) is 1. The third kappa shape index (κ3) is 3.08. The van der Waals surface area contributed by atoms with Crippen molar-refractivity contribution in [3.63, 3.8) is 0 Å². The Morgan fingerprint density at radius 2 is 2.47 bits per heavy atom. The Morgan fingerprint density at radius 3 is 3.11 bits per heavy atom. The fourth-order valence-electron chi connectivity index (χ4n) is 2.02. The predicted molar refractivity (Wildman–Crippen MR) is 70.3 cm³/mol. The lowest BCUT2D eigenvalue weighted by atomic mass is 10.2. The van der Waals surface area contributed by atoms with Gasteiger partial charge >= 0.3 is 0 Å². The number of morpholine rings is 1. The van der Waals surface area contributed by atoms with Crippen molar-refractivity contribution in [2.75, 3.05) is 31.2 Å². The predicted octanol–water partition coefficient (Wildman–Crippen LogP) is 0.235. The molecule has 1 atom stereocenters. The number of ether oxygens (including phenoxy) is 1. The zero-order valence-electron chi connectivity index (χ0n) is 10.8. The molecule has 1 aromatic rings. The molecule has 19 heavy (non-hydrogen) atoms. The average molecular weight is 263 g/mol. The van der Waals surface area contributed by atoms with Crippen LogP contribution in [-0.2, 0) is 9.53 Å². The van der Waals surface area contributed by atoms with Crippen LogP contribution >= 0.6 is 0 Å². The average Bonchev–Trinajstić information content (AvgIpc) is 2.47. The lowest BCUT2D eigenvalue weighted by Gasteiger charge is -2.35. The van der Waals surface area contributed by atoms with Gasteiger partial charge < -0.3 is 15.0 Å². The van der Waals surface area contributed by atoms with Crippen molar-refractivity contribution in [3.8, 4) is 0 Å². The first-order chi connectivity index (χ1) is 9.26. The second kappa shape index (κ2) is 6.29. The quantitative estimate of drug-likeness (QED) is 0.788. The number of nitrogens with zero attached hydrogens (tertiary/aromatic N) is 2. The Bertz CT molecular complexity index is 447. The van der Waals surface area contributed by atoms with Gasteiger partial charge in [0.05, 0.1) is 13.2 Å².